The molecule has 3 heteroatoms. The molecule has 3 nitrogen and oxygen atoms in total. The van der Waals surface area contributed by atoms with E-state index in [2.05, 4.69) is 9.98 Å². The Morgan fingerprint density at radius 3 is 3.00 bits per heavy atom. The lowest BCUT2D eigenvalue weighted by atomic mass is 10.5. The largest absolute Gasteiger partial charge is 0.463 e. The molecule has 0 radical (unpaired) electrons. The van der Waals surface area contributed by atoms with E-state index in [1.807, 2.05) is 25.1 Å². The summed E-state index contributed by atoms with van der Waals surface area (Å²) in [4.78, 5) is 7.73. The van der Waals surface area contributed by atoms with Gasteiger partial charge in [0.25, 0.3) is 0 Å². The average Bonchev–Trinajstić information content (AvgIpc) is 2.57. The molecule has 0 spiro atoms. The van der Waals surface area contributed by atoms with Gasteiger partial charge >= 0.3 is 0 Å². The number of allylic oxidation sites excluding steroid dienone is 1. The molecule has 0 N–H and O–H groups in total. The van der Waals surface area contributed by atoms with Gasteiger partial charge in [0.15, 0.2) is 0 Å². The Morgan fingerprint density at radius 2 is 2.33 bits per heavy atom. The number of rotatable bonds is 3. The first kappa shape index (κ1) is 8.46. The van der Waals surface area contributed by atoms with E-state index in [4.69, 9.17) is 4.42 Å². The highest BCUT2D eigenvalue weighted by atomic mass is 16.3. The van der Waals surface area contributed by atoms with Crippen LogP contribution in [0, 0.1) is 0 Å². The fourth-order valence-electron chi connectivity index (χ4n) is 0.635. The second-order valence-corrected chi connectivity index (χ2v) is 2.04. The Labute approximate surface area is 71.2 Å². The van der Waals surface area contributed by atoms with Crippen molar-refractivity contribution in [3.05, 3.63) is 36.4 Å². The molecule has 1 heterocycles. The van der Waals surface area contributed by atoms with E-state index in [9.17, 15) is 0 Å². The van der Waals surface area contributed by atoms with Gasteiger partial charge in [-0.05, 0) is 19.1 Å². The molecule has 0 atom stereocenters. The Morgan fingerprint density at radius 1 is 1.42 bits per heavy atom. The molecule has 0 unspecified atom stereocenters. The molecule has 0 aliphatic rings. The van der Waals surface area contributed by atoms with E-state index in [0.29, 0.717) is 0 Å². The van der Waals surface area contributed by atoms with Gasteiger partial charge in [-0.2, -0.15) is 0 Å². The standard InChI is InChI=1S/C9H10N2O/c1-2-5-10-8-11-7-9-4-3-6-12-9/h2-8H,1H3/b5-2-,10-8?,11-7?. The number of aliphatic imine (C=N–C) groups is 2. The van der Waals surface area contributed by atoms with E-state index in [1.54, 1.807) is 18.7 Å². The molecular formula is C9H10N2O. The predicted octanol–water partition coefficient (Wildman–Crippen LogP) is 2.26. The summed E-state index contributed by atoms with van der Waals surface area (Å²) in [6.07, 6.45) is 8.17. The highest BCUT2D eigenvalue weighted by Crippen LogP contribution is 1.94. The molecule has 0 aliphatic carbocycles. The average molecular weight is 162 g/mol. The Bertz CT molecular complexity index is 283. The maximum Gasteiger partial charge on any atom is 0.144 e. The van der Waals surface area contributed by atoms with Crippen molar-refractivity contribution in [2.45, 2.75) is 6.92 Å². The summed E-state index contributed by atoms with van der Waals surface area (Å²) in [6.45, 7) is 1.90. The van der Waals surface area contributed by atoms with Gasteiger partial charge < -0.3 is 4.42 Å². The van der Waals surface area contributed by atoms with Gasteiger partial charge in [0.1, 0.15) is 12.1 Å². The number of hydrogen-bond donors (Lipinski definition) is 0. The summed E-state index contributed by atoms with van der Waals surface area (Å²) < 4.78 is 5.01. The van der Waals surface area contributed by atoms with E-state index < -0.39 is 0 Å². The number of hydrogen-bond acceptors (Lipinski definition) is 2. The third-order valence-electron chi connectivity index (χ3n) is 1.11. The molecule has 1 aromatic heterocycles. The van der Waals surface area contributed by atoms with E-state index in [0.717, 1.165) is 5.76 Å². The Balaban J connectivity index is 2.41. The highest BCUT2D eigenvalue weighted by molar-refractivity contribution is 5.83. The molecule has 12 heavy (non-hydrogen) atoms. The first-order valence-corrected chi connectivity index (χ1v) is 3.63. The maximum absolute atomic E-state index is 5.01. The monoisotopic (exact) mass is 162 g/mol. The predicted molar refractivity (Wildman–Crippen MR) is 49.6 cm³/mol. The van der Waals surface area contributed by atoms with E-state index in [1.165, 1.54) is 6.34 Å². The lowest BCUT2D eigenvalue weighted by molar-refractivity contribution is 0.560. The van der Waals surface area contributed by atoms with Crippen molar-refractivity contribution < 1.29 is 4.42 Å². The van der Waals surface area contributed by atoms with E-state index in [-0.39, 0.29) is 0 Å². The Kier molecular flexibility index (Phi) is 3.57. The van der Waals surface area contributed by atoms with Crippen molar-refractivity contribution in [1.82, 2.24) is 0 Å². The van der Waals surface area contributed by atoms with Gasteiger partial charge in [-0.3, -0.25) is 0 Å². The normalized spacial score (nSPS) is 12.4. The van der Waals surface area contributed by atoms with Crippen LogP contribution in [-0.2, 0) is 0 Å². The highest BCUT2D eigenvalue weighted by Gasteiger charge is 1.84. The minimum absolute atomic E-state index is 0.724. The van der Waals surface area contributed by atoms with Crippen molar-refractivity contribution in [2.24, 2.45) is 9.98 Å². The number of furan rings is 1. The molecule has 0 bridgehead atoms. The van der Waals surface area contributed by atoms with Gasteiger partial charge in [-0.15, -0.1) is 0 Å². The maximum atomic E-state index is 5.01. The van der Waals surface area contributed by atoms with Gasteiger partial charge in [-0.25, -0.2) is 9.98 Å². The van der Waals surface area contributed by atoms with Crippen molar-refractivity contribution in [3.63, 3.8) is 0 Å². The van der Waals surface area contributed by atoms with Gasteiger partial charge in [0, 0.05) is 6.20 Å². The summed E-state index contributed by atoms with van der Waals surface area (Å²) in [7, 11) is 0. The van der Waals surface area contributed by atoms with Crippen LogP contribution in [0.4, 0.5) is 0 Å². The molecule has 0 aromatic carbocycles. The summed E-state index contributed by atoms with van der Waals surface area (Å²) in [5.41, 5.74) is 0. The first-order valence-electron chi connectivity index (χ1n) is 3.63. The smallest absolute Gasteiger partial charge is 0.144 e. The van der Waals surface area contributed by atoms with Crippen LogP contribution in [0.5, 0.6) is 0 Å². The summed E-state index contributed by atoms with van der Waals surface area (Å²) in [5.74, 6) is 0.724. The molecule has 1 rings (SSSR count). The molecule has 0 saturated carbocycles. The third-order valence-corrected chi connectivity index (χ3v) is 1.11. The molecule has 62 valence electrons. The zero-order chi connectivity index (χ0) is 8.65. The van der Waals surface area contributed by atoms with Gasteiger partial charge in [0.05, 0.1) is 12.5 Å². The van der Waals surface area contributed by atoms with Gasteiger partial charge in [0.2, 0.25) is 0 Å². The van der Waals surface area contributed by atoms with Crippen LogP contribution in [-0.4, -0.2) is 12.6 Å². The fraction of sp³-hybridized carbons (Fsp3) is 0.111. The van der Waals surface area contributed by atoms with Crippen molar-refractivity contribution >= 4 is 12.6 Å². The minimum atomic E-state index is 0.724. The summed E-state index contributed by atoms with van der Waals surface area (Å²) >= 11 is 0. The molecule has 0 fully saturated rings. The van der Waals surface area contributed by atoms with Crippen LogP contribution in [0.15, 0.2) is 45.1 Å². The zero-order valence-electron chi connectivity index (χ0n) is 6.84. The minimum Gasteiger partial charge on any atom is -0.463 e. The lowest BCUT2D eigenvalue weighted by Gasteiger charge is -1.78. The van der Waals surface area contributed by atoms with Crippen LogP contribution in [0.25, 0.3) is 0 Å². The second-order valence-electron chi connectivity index (χ2n) is 2.04. The first-order chi connectivity index (χ1) is 5.93. The zero-order valence-corrected chi connectivity index (χ0v) is 6.84. The molecule has 1 aromatic rings. The Hall–Kier alpha value is -1.64. The van der Waals surface area contributed by atoms with Crippen molar-refractivity contribution in [3.8, 4) is 0 Å². The summed E-state index contributed by atoms with van der Waals surface area (Å²) in [5, 5.41) is 0. The van der Waals surface area contributed by atoms with Crippen LogP contribution >= 0.6 is 0 Å². The lowest BCUT2D eigenvalue weighted by Crippen LogP contribution is -1.73. The SMILES string of the molecule is C/C=C\N=CN=Cc1ccco1. The van der Waals surface area contributed by atoms with Crippen LogP contribution < -0.4 is 0 Å². The van der Waals surface area contributed by atoms with Crippen LogP contribution in [0.2, 0.25) is 0 Å². The van der Waals surface area contributed by atoms with Crippen LogP contribution in [0.3, 0.4) is 0 Å². The molecular weight excluding hydrogens is 152 g/mol. The molecule has 0 saturated heterocycles. The fourth-order valence-corrected chi connectivity index (χ4v) is 0.635. The van der Waals surface area contributed by atoms with Crippen LogP contribution in [0.1, 0.15) is 12.7 Å². The topological polar surface area (TPSA) is 37.9 Å². The number of nitrogens with zero attached hydrogens (tertiary/aromatic N) is 2. The van der Waals surface area contributed by atoms with Gasteiger partial charge in [-0.1, -0.05) is 6.08 Å². The second kappa shape index (κ2) is 5.07. The van der Waals surface area contributed by atoms with Crippen molar-refractivity contribution in [2.75, 3.05) is 0 Å². The molecule has 0 amide bonds. The molecule has 0 aliphatic heterocycles. The third kappa shape index (κ3) is 2.96. The summed E-state index contributed by atoms with van der Waals surface area (Å²) in [6, 6.07) is 3.64. The van der Waals surface area contributed by atoms with Crippen molar-refractivity contribution in [1.29, 1.82) is 0 Å². The van der Waals surface area contributed by atoms with E-state index >= 15 is 0 Å². The quantitative estimate of drug-likeness (QED) is 0.496.